The van der Waals surface area contributed by atoms with Crippen LogP contribution in [0.25, 0.3) is 5.69 Å². The molecule has 6 rings (SSSR count). The lowest BCUT2D eigenvalue weighted by molar-refractivity contribution is -0.128. The van der Waals surface area contributed by atoms with E-state index in [0.717, 1.165) is 23.4 Å². The van der Waals surface area contributed by atoms with Gasteiger partial charge < -0.3 is 24.0 Å². The van der Waals surface area contributed by atoms with Crippen molar-refractivity contribution in [2.24, 2.45) is 0 Å². The third-order valence-electron chi connectivity index (χ3n) is 7.11. The molecule has 4 heterocycles. The molecular weight excluding hydrogens is 488 g/mol. The van der Waals surface area contributed by atoms with Crippen LogP contribution in [0.1, 0.15) is 46.0 Å². The lowest BCUT2D eigenvalue weighted by atomic mass is 10.0. The third kappa shape index (κ3) is 4.10. The highest BCUT2D eigenvalue weighted by molar-refractivity contribution is 6.09. The number of morpholine rings is 1. The Morgan fingerprint density at radius 2 is 1.79 bits per heavy atom. The molecule has 1 atom stereocenters. The van der Waals surface area contributed by atoms with Gasteiger partial charge in [-0.05, 0) is 68.3 Å². The van der Waals surface area contributed by atoms with Crippen molar-refractivity contribution in [2.75, 3.05) is 42.7 Å². The van der Waals surface area contributed by atoms with Crippen LogP contribution in [-0.2, 0) is 27.1 Å². The fraction of sp³-hybridized carbons (Fsp3) is 0.357. The normalized spacial score (nSPS) is 18.7. The molecule has 2 amide bonds. The topological polar surface area (TPSA) is 103 Å². The highest BCUT2D eigenvalue weighted by atomic mass is 16.5. The summed E-state index contributed by atoms with van der Waals surface area (Å²) in [6.07, 6.45) is 1.17. The summed E-state index contributed by atoms with van der Waals surface area (Å²) in [5.41, 5.74) is 4.28. The number of nitrogens with zero attached hydrogens (tertiary/aromatic N) is 4. The maximum atomic E-state index is 13.9. The first-order valence-electron chi connectivity index (χ1n) is 12.8. The van der Waals surface area contributed by atoms with Crippen molar-refractivity contribution >= 4 is 29.2 Å². The van der Waals surface area contributed by atoms with Crippen LogP contribution >= 0.6 is 0 Å². The van der Waals surface area contributed by atoms with Crippen LogP contribution in [0.4, 0.5) is 11.4 Å². The fourth-order valence-corrected chi connectivity index (χ4v) is 5.23. The maximum Gasteiger partial charge on any atom is 0.359 e. The van der Waals surface area contributed by atoms with Gasteiger partial charge in [0.1, 0.15) is 18.1 Å². The fourth-order valence-electron chi connectivity index (χ4n) is 5.23. The number of carbonyl (C=O) groups is 3. The quantitative estimate of drug-likeness (QED) is 0.481. The second kappa shape index (κ2) is 9.60. The van der Waals surface area contributed by atoms with Crippen LogP contribution in [0.3, 0.4) is 0 Å². The molecule has 1 saturated heterocycles. The number of rotatable bonds is 5. The number of hydrogen-bond acceptors (Lipinski definition) is 7. The van der Waals surface area contributed by atoms with Crippen LogP contribution in [0.2, 0.25) is 0 Å². The number of hydrogen-bond donors (Lipinski definition) is 0. The molecule has 0 spiro atoms. The predicted octanol–water partition coefficient (Wildman–Crippen LogP) is 2.94. The highest BCUT2D eigenvalue weighted by Crippen LogP contribution is 2.33. The number of ether oxygens (including phenoxy) is 3. The van der Waals surface area contributed by atoms with E-state index >= 15 is 0 Å². The van der Waals surface area contributed by atoms with E-state index in [4.69, 9.17) is 14.2 Å². The molecule has 0 aliphatic carbocycles. The Hall–Kier alpha value is -4.18. The molecule has 0 saturated carbocycles. The van der Waals surface area contributed by atoms with Crippen molar-refractivity contribution < 1.29 is 28.6 Å². The summed E-state index contributed by atoms with van der Waals surface area (Å²) >= 11 is 0. The van der Waals surface area contributed by atoms with E-state index in [9.17, 15) is 14.4 Å². The van der Waals surface area contributed by atoms with Crippen molar-refractivity contribution in [3.05, 3.63) is 65.0 Å². The van der Waals surface area contributed by atoms with E-state index in [1.807, 2.05) is 49.4 Å². The molecule has 10 heteroatoms. The van der Waals surface area contributed by atoms with E-state index in [1.165, 1.54) is 0 Å². The smallest absolute Gasteiger partial charge is 0.359 e. The Morgan fingerprint density at radius 1 is 1.05 bits per heavy atom. The van der Waals surface area contributed by atoms with E-state index in [1.54, 1.807) is 21.4 Å². The number of carbonyl (C=O) groups excluding carboxylic acids is 3. The molecule has 3 aliphatic rings. The zero-order chi connectivity index (χ0) is 26.4. The van der Waals surface area contributed by atoms with E-state index in [-0.39, 0.29) is 36.8 Å². The first-order valence-corrected chi connectivity index (χ1v) is 12.8. The van der Waals surface area contributed by atoms with E-state index < -0.39 is 5.97 Å². The van der Waals surface area contributed by atoms with Crippen LogP contribution in [0.5, 0.6) is 5.75 Å². The monoisotopic (exact) mass is 516 g/mol. The first kappa shape index (κ1) is 24.2. The summed E-state index contributed by atoms with van der Waals surface area (Å²) in [5.74, 6) is -0.0665. The Kier molecular flexibility index (Phi) is 6.11. The maximum absolute atomic E-state index is 13.9. The summed E-state index contributed by atoms with van der Waals surface area (Å²) in [4.78, 5) is 42.4. The molecular formula is C28H28N4O6. The number of aromatic nitrogens is 2. The van der Waals surface area contributed by atoms with Gasteiger partial charge in [-0.25, -0.2) is 9.48 Å². The van der Waals surface area contributed by atoms with Gasteiger partial charge in [0.05, 0.1) is 31.5 Å². The lowest BCUT2D eigenvalue weighted by Gasteiger charge is -2.32. The molecule has 0 bridgehead atoms. The van der Waals surface area contributed by atoms with Crippen molar-refractivity contribution in [1.82, 2.24) is 9.78 Å². The first-order chi connectivity index (χ1) is 18.4. The van der Waals surface area contributed by atoms with Gasteiger partial charge >= 0.3 is 5.97 Å². The van der Waals surface area contributed by atoms with Crippen molar-refractivity contribution in [1.29, 1.82) is 0 Å². The zero-order valence-corrected chi connectivity index (χ0v) is 21.3. The SMILES string of the molecule is CCOC(=O)c1nn(-c2ccc3c(c2)CCO3)c2c1CCN(c1ccc(N3C[C@H](C)OCC3=O)cc1)C2=O. The Bertz CT molecular complexity index is 1430. The van der Waals surface area contributed by atoms with Crippen LogP contribution in [0.15, 0.2) is 42.5 Å². The second-order valence-electron chi connectivity index (χ2n) is 9.55. The number of fused-ring (bicyclic) bond motifs is 2. The molecule has 0 N–H and O–H groups in total. The van der Waals surface area contributed by atoms with Crippen LogP contribution in [-0.4, -0.2) is 66.6 Å². The van der Waals surface area contributed by atoms with Crippen molar-refractivity contribution in [2.45, 2.75) is 32.8 Å². The molecule has 38 heavy (non-hydrogen) atoms. The number of amides is 2. The minimum atomic E-state index is -0.540. The Balaban J connectivity index is 1.35. The van der Waals surface area contributed by atoms with Gasteiger partial charge in [-0.3, -0.25) is 9.59 Å². The minimum Gasteiger partial charge on any atom is -0.493 e. The van der Waals surface area contributed by atoms with Gasteiger partial charge in [0.25, 0.3) is 11.8 Å². The van der Waals surface area contributed by atoms with Crippen molar-refractivity contribution in [3.63, 3.8) is 0 Å². The minimum absolute atomic E-state index is 0.0471. The molecule has 1 fully saturated rings. The Morgan fingerprint density at radius 3 is 2.55 bits per heavy atom. The van der Waals surface area contributed by atoms with Crippen LogP contribution in [0, 0.1) is 0 Å². The Labute approximate surface area is 219 Å². The summed E-state index contributed by atoms with van der Waals surface area (Å²) in [7, 11) is 0. The van der Waals surface area contributed by atoms with Gasteiger partial charge in [0.15, 0.2) is 5.69 Å². The van der Waals surface area contributed by atoms with Crippen LogP contribution < -0.4 is 14.5 Å². The second-order valence-corrected chi connectivity index (χ2v) is 9.55. The van der Waals surface area contributed by atoms with Gasteiger partial charge in [0, 0.05) is 29.9 Å². The van der Waals surface area contributed by atoms with Gasteiger partial charge in [0.2, 0.25) is 0 Å². The molecule has 0 radical (unpaired) electrons. The molecule has 0 unspecified atom stereocenters. The summed E-state index contributed by atoms with van der Waals surface area (Å²) in [6.45, 7) is 5.41. The third-order valence-corrected chi connectivity index (χ3v) is 7.11. The van der Waals surface area contributed by atoms with E-state index in [2.05, 4.69) is 5.10 Å². The number of esters is 1. The largest absolute Gasteiger partial charge is 0.493 e. The molecule has 10 nitrogen and oxygen atoms in total. The number of anilines is 2. The molecule has 2 aromatic carbocycles. The average molecular weight is 517 g/mol. The molecule has 3 aromatic rings. The zero-order valence-electron chi connectivity index (χ0n) is 21.3. The standard InChI is InChI=1S/C28H28N4O6/c1-3-36-28(35)25-22-10-12-30(19-4-6-20(7-5-19)31-15-17(2)38-16-24(31)33)27(34)26(22)32(29-25)21-8-9-23-18(14-21)11-13-37-23/h4-9,14,17H,3,10-13,15-16H2,1-2H3/t17-/m0/s1. The summed E-state index contributed by atoms with van der Waals surface area (Å²) in [5, 5.41) is 4.57. The summed E-state index contributed by atoms with van der Waals surface area (Å²) in [6, 6.07) is 13.0. The van der Waals surface area contributed by atoms with Gasteiger partial charge in [-0.15, -0.1) is 0 Å². The molecule has 196 valence electrons. The van der Waals surface area contributed by atoms with Crippen molar-refractivity contribution in [3.8, 4) is 11.4 Å². The van der Waals surface area contributed by atoms with E-state index in [0.29, 0.717) is 48.7 Å². The van der Waals surface area contributed by atoms with Gasteiger partial charge in [-0.1, -0.05) is 0 Å². The predicted molar refractivity (Wildman–Crippen MR) is 138 cm³/mol. The summed E-state index contributed by atoms with van der Waals surface area (Å²) < 4.78 is 17.9. The molecule has 1 aromatic heterocycles. The van der Waals surface area contributed by atoms with Gasteiger partial charge in [-0.2, -0.15) is 5.10 Å². The molecule has 3 aliphatic heterocycles. The highest BCUT2D eigenvalue weighted by Gasteiger charge is 2.36. The number of benzene rings is 2. The average Bonchev–Trinajstić information content (AvgIpc) is 3.55. The lowest BCUT2D eigenvalue weighted by Crippen LogP contribution is -2.45.